The number of allylic oxidation sites excluding steroid dienone is 3. The number of rotatable bonds is 6. The first kappa shape index (κ1) is 20.6. The molecule has 7 heteroatoms. The van der Waals surface area contributed by atoms with E-state index in [4.69, 9.17) is 9.72 Å². The first-order valence-electron chi connectivity index (χ1n) is 11.0. The van der Waals surface area contributed by atoms with Crippen LogP contribution >= 0.6 is 0 Å². The lowest BCUT2D eigenvalue weighted by Gasteiger charge is -2.26. The number of aromatic nitrogens is 3. The molecule has 2 fully saturated rings. The van der Waals surface area contributed by atoms with E-state index in [-0.39, 0.29) is 5.91 Å². The lowest BCUT2D eigenvalue weighted by atomic mass is 10.0. The Labute approximate surface area is 177 Å². The molecule has 0 unspecified atom stereocenters. The van der Waals surface area contributed by atoms with E-state index in [1.54, 1.807) is 6.08 Å². The summed E-state index contributed by atoms with van der Waals surface area (Å²) in [5.74, 6) is 1.21. The molecule has 2 aromatic heterocycles. The topological polar surface area (TPSA) is 71.8 Å². The van der Waals surface area contributed by atoms with E-state index in [2.05, 4.69) is 16.9 Å². The summed E-state index contributed by atoms with van der Waals surface area (Å²) in [5.41, 5.74) is 3.18. The summed E-state index contributed by atoms with van der Waals surface area (Å²) < 4.78 is 7.45. The van der Waals surface area contributed by atoms with Gasteiger partial charge >= 0.3 is 0 Å². The van der Waals surface area contributed by atoms with Gasteiger partial charge in [0.2, 0.25) is 0 Å². The smallest absolute Gasteiger partial charge is 0.274 e. The highest BCUT2D eigenvalue weighted by molar-refractivity contribution is 5.93. The van der Waals surface area contributed by atoms with E-state index in [0.29, 0.717) is 17.4 Å². The van der Waals surface area contributed by atoms with Gasteiger partial charge in [0.25, 0.3) is 5.91 Å². The zero-order chi connectivity index (χ0) is 20.9. The summed E-state index contributed by atoms with van der Waals surface area (Å²) in [4.78, 5) is 24.4. The number of carbonyl (C=O) groups is 1. The third kappa shape index (κ3) is 4.41. The van der Waals surface area contributed by atoms with Crippen molar-refractivity contribution in [2.75, 3.05) is 38.2 Å². The Morgan fingerprint density at radius 2 is 2.07 bits per heavy atom. The van der Waals surface area contributed by atoms with Gasteiger partial charge in [-0.2, -0.15) is 0 Å². The number of amides is 1. The molecule has 1 amide bonds. The van der Waals surface area contributed by atoms with Gasteiger partial charge in [-0.15, -0.1) is 0 Å². The Bertz CT molecular complexity index is 936. The second-order valence-electron chi connectivity index (χ2n) is 8.19. The molecule has 0 atom stereocenters. The molecule has 0 radical (unpaired) electrons. The van der Waals surface area contributed by atoms with Crippen molar-refractivity contribution in [2.24, 2.45) is 5.92 Å². The van der Waals surface area contributed by atoms with Gasteiger partial charge in [-0.3, -0.25) is 9.20 Å². The van der Waals surface area contributed by atoms with Gasteiger partial charge in [-0.25, -0.2) is 9.97 Å². The Balaban J connectivity index is 1.69. The number of nitrogens with zero attached hydrogens (tertiary/aromatic N) is 4. The number of fused-ring (bicyclic) bond motifs is 1. The second kappa shape index (κ2) is 9.43. The van der Waals surface area contributed by atoms with E-state index in [9.17, 15) is 4.79 Å². The van der Waals surface area contributed by atoms with Crippen molar-refractivity contribution in [1.82, 2.24) is 19.3 Å². The summed E-state index contributed by atoms with van der Waals surface area (Å²) >= 11 is 0. The van der Waals surface area contributed by atoms with Crippen molar-refractivity contribution < 1.29 is 9.53 Å². The fourth-order valence-corrected chi connectivity index (χ4v) is 4.21. The second-order valence-corrected chi connectivity index (χ2v) is 8.19. The first-order valence-corrected chi connectivity index (χ1v) is 11.0. The molecule has 7 nitrogen and oxygen atoms in total. The molecule has 4 rings (SSSR count). The zero-order valence-electron chi connectivity index (χ0n) is 17.8. The molecule has 4 heterocycles. The molecule has 30 heavy (non-hydrogen) atoms. The number of carbonyl (C=O) groups excluding carboxylic acids is 1. The third-order valence-corrected chi connectivity index (χ3v) is 6.03. The predicted octanol–water partition coefficient (Wildman–Crippen LogP) is 3.78. The van der Waals surface area contributed by atoms with E-state index in [1.807, 2.05) is 34.7 Å². The summed E-state index contributed by atoms with van der Waals surface area (Å²) in [7, 11) is 0. The summed E-state index contributed by atoms with van der Waals surface area (Å²) in [5, 5.41) is 3.48. The van der Waals surface area contributed by atoms with Crippen LogP contribution in [0.5, 0.6) is 0 Å². The van der Waals surface area contributed by atoms with Gasteiger partial charge < -0.3 is 15.0 Å². The molecular weight excluding hydrogens is 378 g/mol. The number of hydrogen-bond acceptors (Lipinski definition) is 5. The van der Waals surface area contributed by atoms with Crippen LogP contribution < -0.4 is 5.32 Å². The van der Waals surface area contributed by atoms with Crippen LogP contribution in [-0.2, 0) is 4.74 Å². The van der Waals surface area contributed by atoms with E-state index >= 15 is 0 Å². The maximum Gasteiger partial charge on any atom is 0.274 e. The van der Waals surface area contributed by atoms with E-state index in [1.165, 1.54) is 6.42 Å². The highest BCUT2D eigenvalue weighted by Crippen LogP contribution is 2.24. The van der Waals surface area contributed by atoms with Gasteiger partial charge in [0.1, 0.15) is 5.69 Å². The number of piperidine rings is 1. The minimum absolute atomic E-state index is 0.00396. The normalized spacial score (nSPS) is 18.6. The monoisotopic (exact) mass is 409 g/mol. The molecule has 0 spiro atoms. The third-order valence-electron chi connectivity index (χ3n) is 6.03. The van der Waals surface area contributed by atoms with Gasteiger partial charge in [-0.1, -0.05) is 18.7 Å². The fourth-order valence-electron chi connectivity index (χ4n) is 4.21. The number of imidazole rings is 1. The number of hydrogen-bond donors (Lipinski definition) is 1. The minimum atomic E-state index is -0.00396. The number of nitrogens with one attached hydrogen (secondary N) is 1. The maximum absolute atomic E-state index is 13.2. The van der Waals surface area contributed by atoms with Crippen molar-refractivity contribution >= 4 is 22.9 Å². The molecule has 1 N–H and O–H groups in total. The van der Waals surface area contributed by atoms with Crippen molar-refractivity contribution in [1.29, 1.82) is 0 Å². The summed E-state index contributed by atoms with van der Waals surface area (Å²) in [6.45, 7) is 9.83. The fraction of sp³-hybridized carbons (Fsp3) is 0.522. The van der Waals surface area contributed by atoms with E-state index < -0.39 is 0 Å². The highest BCUT2D eigenvalue weighted by Gasteiger charge is 2.23. The largest absolute Gasteiger partial charge is 0.381 e. The van der Waals surface area contributed by atoms with Crippen LogP contribution in [-0.4, -0.2) is 58.0 Å². The van der Waals surface area contributed by atoms with Crippen molar-refractivity contribution in [3.63, 3.8) is 0 Å². The van der Waals surface area contributed by atoms with Gasteiger partial charge in [0, 0.05) is 39.0 Å². The lowest BCUT2D eigenvalue weighted by molar-refractivity contribution is 0.0699. The molecule has 160 valence electrons. The van der Waals surface area contributed by atoms with Crippen LogP contribution in [0.25, 0.3) is 11.2 Å². The van der Waals surface area contributed by atoms with E-state index in [0.717, 1.165) is 75.4 Å². The lowest BCUT2D eigenvalue weighted by Crippen LogP contribution is -2.36. The maximum atomic E-state index is 13.2. The summed E-state index contributed by atoms with van der Waals surface area (Å²) in [6.07, 6.45) is 12.8. The first-order chi connectivity index (χ1) is 14.7. The minimum Gasteiger partial charge on any atom is -0.381 e. The number of anilines is 1. The number of likely N-dealkylation sites (tertiary alicyclic amines) is 1. The van der Waals surface area contributed by atoms with Gasteiger partial charge in [0.05, 0.1) is 11.9 Å². The Morgan fingerprint density at radius 1 is 1.30 bits per heavy atom. The molecule has 0 aromatic carbocycles. The Kier molecular flexibility index (Phi) is 6.47. The average Bonchev–Trinajstić information content (AvgIpc) is 3.23. The van der Waals surface area contributed by atoms with Gasteiger partial charge in [-0.05, 0) is 50.5 Å². The van der Waals surface area contributed by atoms with Crippen LogP contribution in [0.1, 0.15) is 55.2 Å². The van der Waals surface area contributed by atoms with Crippen LogP contribution in [0.15, 0.2) is 31.1 Å². The molecular formula is C23H31N5O2. The Morgan fingerprint density at radius 3 is 2.80 bits per heavy atom. The quantitative estimate of drug-likeness (QED) is 0.735. The van der Waals surface area contributed by atoms with Gasteiger partial charge in [0.15, 0.2) is 11.5 Å². The SMILES string of the molecule is C=C/C=C(\C)c1cnc2c(NCC3CCOCC3)nc(C(=O)N3CCCCC3)cn12. The molecule has 0 bridgehead atoms. The molecule has 2 aromatic rings. The predicted molar refractivity (Wildman–Crippen MR) is 119 cm³/mol. The zero-order valence-corrected chi connectivity index (χ0v) is 17.8. The molecule has 2 aliphatic heterocycles. The molecule has 0 saturated carbocycles. The van der Waals surface area contributed by atoms with Crippen molar-refractivity contribution in [3.05, 3.63) is 42.5 Å². The molecule has 2 aliphatic rings. The van der Waals surface area contributed by atoms with Crippen LogP contribution in [0.4, 0.5) is 5.82 Å². The average molecular weight is 410 g/mol. The number of ether oxygens (including phenoxy) is 1. The van der Waals surface area contributed by atoms with Crippen LogP contribution in [0, 0.1) is 5.92 Å². The van der Waals surface area contributed by atoms with Crippen molar-refractivity contribution in [3.8, 4) is 0 Å². The van der Waals surface area contributed by atoms with Crippen LogP contribution in [0.2, 0.25) is 0 Å². The highest BCUT2D eigenvalue weighted by atomic mass is 16.5. The molecule has 0 aliphatic carbocycles. The summed E-state index contributed by atoms with van der Waals surface area (Å²) in [6, 6.07) is 0. The molecule has 2 saturated heterocycles. The van der Waals surface area contributed by atoms with Crippen LogP contribution in [0.3, 0.4) is 0 Å². The standard InChI is InChI=1S/C23H31N5O2/c1-3-7-17(2)20-15-25-22-21(24-14-18-8-12-30-13-9-18)26-19(16-28(20)22)23(29)27-10-5-4-6-11-27/h3,7,15-16,18H,1,4-6,8-14H2,2H3,(H,24,26)/b17-7+. The Hall–Kier alpha value is -2.67. The van der Waals surface area contributed by atoms with Crippen molar-refractivity contribution in [2.45, 2.75) is 39.0 Å².